The zero-order valence-corrected chi connectivity index (χ0v) is 20.9. The third-order valence-corrected chi connectivity index (χ3v) is 7.62. The van der Waals surface area contributed by atoms with Crippen molar-refractivity contribution in [2.45, 2.75) is 45.6 Å². The van der Waals surface area contributed by atoms with E-state index < -0.39 is 0 Å². The van der Waals surface area contributed by atoms with Crippen molar-refractivity contribution in [2.24, 2.45) is 11.0 Å². The zero-order chi connectivity index (χ0) is 24.2. The van der Waals surface area contributed by atoms with E-state index in [1.807, 2.05) is 18.2 Å². The average molecular weight is 466 g/mol. The Morgan fingerprint density at radius 3 is 2.26 bits per heavy atom. The summed E-state index contributed by atoms with van der Waals surface area (Å²) in [5.41, 5.74) is 7.20. The first-order chi connectivity index (χ1) is 17.1. The topological polar surface area (TPSA) is 35.9 Å². The highest BCUT2D eigenvalue weighted by atomic mass is 16.2. The normalized spacial score (nSPS) is 19.1. The molecule has 35 heavy (non-hydrogen) atoms. The second-order valence-electron chi connectivity index (χ2n) is 10.1. The summed E-state index contributed by atoms with van der Waals surface area (Å²) in [7, 11) is 0. The molecule has 0 radical (unpaired) electrons. The summed E-state index contributed by atoms with van der Waals surface area (Å²) in [6.07, 6.45) is 4.16. The highest BCUT2D eigenvalue weighted by molar-refractivity contribution is 6.03. The number of rotatable bonds is 6. The van der Waals surface area contributed by atoms with Gasteiger partial charge in [0.2, 0.25) is 0 Å². The molecule has 2 aliphatic heterocycles. The number of hydrazone groups is 1. The number of hydrogen-bond acceptors (Lipinski definition) is 3. The van der Waals surface area contributed by atoms with E-state index in [1.54, 1.807) is 5.01 Å². The maximum Gasteiger partial charge on any atom is 0.257 e. The van der Waals surface area contributed by atoms with Crippen LogP contribution < -0.4 is 0 Å². The maximum absolute atomic E-state index is 13.5. The Morgan fingerprint density at radius 2 is 1.57 bits per heavy atom. The fourth-order valence-corrected chi connectivity index (χ4v) is 5.33. The van der Waals surface area contributed by atoms with Gasteiger partial charge in [0.05, 0.1) is 18.3 Å². The van der Waals surface area contributed by atoms with Gasteiger partial charge in [-0.05, 0) is 86.0 Å². The number of carbonyl (C=O) groups is 1. The van der Waals surface area contributed by atoms with Gasteiger partial charge in [-0.25, -0.2) is 5.01 Å². The van der Waals surface area contributed by atoms with E-state index in [9.17, 15) is 4.79 Å². The number of nitrogens with zero attached hydrogens (tertiary/aromatic N) is 3. The molecule has 1 saturated heterocycles. The van der Waals surface area contributed by atoms with Crippen LogP contribution in [0.5, 0.6) is 0 Å². The largest absolute Gasteiger partial charge is 0.294 e. The van der Waals surface area contributed by atoms with Gasteiger partial charge < -0.3 is 0 Å². The lowest BCUT2D eigenvalue weighted by atomic mass is 9.90. The molecule has 3 aromatic carbocycles. The second-order valence-corrected chi connectivity index (χ2v) is 10.1. The minimum Gasteiger partial charge on any atom is -0.294 e. The molecule has 2 heterocycles. The maximum atomic E-state index is 13.5. The molecule has 0 aliphatic carbocycles. The van der Waals surface area contributed by atoms with Crippen molar-refractivity contribution >= 4 is 11.6 Å². The van der Waals surface area contributed by atoms with Crippen LogP contribution in [-0.4, -0.2) is 41.2 Å². The summed E-state index contributed by atoms with van der Waals surface area (Å²) < 4.78 is 0. The molecule has 4 heteroatoms. The standard InChI is InChI=1S/C31H35N3O/c1-23-13-14-28(19-24(23)2)29-21-30(27-11-7-4-8-12-27)34(32-29)31(35)22-33-17-15-26(16-18-33)20-25-9-5-3-6-10-25/h3-14,19,26,30H,15-18,20-22H2,1-2H3. The third kappa shape index (κ3) is 5.54. The van der Waals surface area contributed by atoms with Crippen LogP contribution in [0.25, 0.3) is 0 Å². The summed E-state index contributed by atoms with van der Waals surface area (Å²) in [5.74, 6) is 0.793. The molecule has 5 rings (SSSR count). The lowest BCUT2D eigenvalue weighted by Gasteiger charge is -2.33. The van der Waals surface area contributed by atoms with Crippen LogP contribution in [0, 0.1) is 19.8 Å². The first kappa shape index (κ1) is 23.5. The van der Waals surface area contributed by atoms with E-state index >= 15 is 0 Å². The van der Waals surface area contributed by atoms with Gasteiger partial charge in [-0.3, -0.25) is 9.69 Å². The molecule has 4 nitrogen and oxygen atoms in total. The van der Waals surface area contributed by atoms with Crippen LogP contribution >= 0.6 is 0 Å². The monoisotopic (exact) mass is 465 g/mol. The van der Waals surface area contributed by atoms with E-state index in [-0.39, 0.29) is 11.9 Å². The molecule has 180 valence electrons. The summed E-state index contributed by atoms with van der Waals surface area (Å²) in [6.45, 7) is 6.64. The SMILES string of the molecule is Cc1ccc(C2=NN(C(=O)CN3CCC(Cc4ccccc4)CC3)C(c3ccccc3)C2)cc1C. The van der Waals surface area contributed by atoms with Crippen molar-refractivity contribution in [1.29, 1.82) is 0 Å². The van der Waals surface area contributed by atoms with Crippen LogP contribution in [-0.2, 0) is 11.2 Å². The Morgan fingerprint density at radius 1 is 0.886 bits per heavy atom. The van der Waals surface area contributed by atoms with Crippen molar-refractivity contribution < 1.29 is 4.79 Å². The van der Waals surface area contributed by atoms with Gasteiger partial charge in [0.15, 0.2) is 0 Å². The number of amides is 1. The van der Waals surface area contributed by atoms with Crippen molar-refractivity contribution in [1.82, 2.24) is 9.91 Å². The quantitative estimate of drug-likeness (QED) is 0.452. The fraction of sp³-hybridized carbons (Fsp3) is 0.355. The molecule has 2 aliphatic rings. The Bertz CT molecular complexity index is 1180. The summed E-state index contributed by atoms with van der Waals surface area (Å²) in [4.78, 5) is 15.9. The van der Waals surface area contributed by atoms with E-state index in [2.05, 4.69) is 79.4 Å². The number of likely N-dealkylation sites (tertiary alicyclic amines) is 1. The van der Waals surface area contributed by atoms with E-state index in [0.29, 0.717) is 12.5 Å². The van der Waals surface area contributed by atoms with Gasteiger partial charge in [-0.15, -0.1) is 0 Å². The molecule has 1 unspecified atom stereocenters. The van der Waals surface area contributed by atoms with Crippen molar-refractivity contribution in [3.63, 3.8) is 0 Å². The number of piperidine rings is 1. The summed E-state index contributed by atoms with van der Waals surface area (Å²) in [6, 6.07) is 27.5. The molecule has 0 N–H and O–H groups in total. The molecule has 1 atom stereocenters. The van der Waals surface area contributed by atoms with Crippen LogP contribution in [0.15, 0.2) is 84.0 Å². The van der Waals surface area contributed by atoms with Gasteiger partial charge in [0.1, 0.15) is 0 Å². The van der Waals surface area contributed by atoms with Crippen LogP contribution in [0.1, 0.15) is 53.1 Å². The third-order valence-electron chi connectivity index (χ3n) is 7.62. The van der Waals surface area contributed by atoms with Crippen LogP contribution in [0.3, 0.4) is 0 Å². The molecule has 0 aromatic heterocycles. The molecule has 1 amide bonds. The molecule has 1 fully saturated rings. The molecule has 0 spiro atoms. The fourth-order valence-electron chi connectivity index (χ4n) is 5.33. The van der Waals surface area contributed by atoms with Crippen molar-refractivity contribution in [3.05, 3.63) is 107 Å². The van der Waals surface area contributed by atoms with Crippen molar-refractivity contribution in [2.75, 3.05) is 19.6 Å². The van der Waals surface area contributed by atoms with Gasteiger partial charge in [0, 0.05) is 6.42 Å². The van der Waals surface area contributed by atoms with Gasteiger partial charge in [0.25, 0.3) is 5.91 Å². The number of carbonyl (C=O) groups excluding carboxylic acids is 1. The van der Waals surface area contributed by atoms with E-state index in [0.717, 1.165) is 55.6 Å². The number of benzene rings is 3. The smallest absolute Gasteiger partial charge is 0.257 e. The highest BCUT2D eigenvalue weighted by Gasteiger charge is 2.34. The van der Waals surface area contributed by atoms with E-state index in [4.69, 9.17) is 5.10 Å². The first-order valence-electron chi connectivity index (χ1n) is 12.8. The highest BCUT2D eigenvalue weighted by Crippen LogP contribution is 2.33. The Hall–Kier alpha value is -3.24. The molecule has 0 saturated carbocycles. The molecule has 3 aromatic rings. The molecular formula is C31H35N3O. The van der Waals surface area contributed by atoms with Gasteiger partial charge >= 0.3 is 0 Å². The summed E-state index contributed by atoms with van der Waals surface area (Å²) in [5, 5.41) is 6.66. The van der Waals surface area contributed by atoms with Crippen molar-refractivity contribution in [3.8, 4) is 0 Å². The number of aryl methyl sites for hydroxylation is 2. The Balaban J connectivity index is 1.27. The average Bonchev–Trinajstić information content (AvgIpc) is 3.34. The van der Waals surface area contributed by atoms with Crippen LogP contribution in [0.4, 0.5) is 0 Å². The molecule has 0 bridgehead atoms. The predicted molar refractivity (Wildman–Crippen MR) is 142 cm³/mol. The Labute approximate surface area is 209 Å². The second kappa shape index (κ2) is 10.6. The predicted octanol–water partition coefficient (Wildman–Crippen LogP) is 5.94. The lowest BCUT2D eigenvalue weighted by Crippen LogP contribution is -2.42. The number of hydrogen-bond donors (Lipinski definition) is 0. The van der Waals surface area contributed by atoms with Gasteiger partial charge in [-0.1, -0.05) is 72.8 Å². The van der Waals surface area contributed by atoms with Crippen LogP contribution in [0.2, 0.25) is 0 Å². The zero-order valence-electron chi connectivity index (χ0n) is 20.9. The minimum atomic E-state index is -0.0454. The summed E-state index contributed by atoms with van der Waals surface area (Å²) >= 11 is 0. The Kier molecular flexibility index (Phi) is 7.10. The van der Waals surface area contributed by atoms with E-state index in [1.165, 1.54) is 16.7 Å². The minimum absolute atomic E-state index is 0.0454. The first-order valence-corrected chi connectivity index (χ1v) is 12.8. The lowest BCUT2D eigenvalue weighted by molar-refractivity contribution is -0.134. The molecular weight excluding hydrogens is 430 g/mol. The van der Waals surface area contributed by atoms with Gasteiger partial charge in [-0.2, -0.15) is 5.10 Å².